The minimum Gasteiger partial charge on any atom is -0.365 e. The summed E-state index contributed by atoms with van der Waals surface area (Å²) in [5.41, 5.74) is 3.69. The third kappa shape index (κ3) is 3.02. The largest absolute Gasteiger partial charge is 0.365 e. The maximum absolute atomic E-state index is 11.7. The fourth-order valence-electron chi connectivity index (χ4n) is 6.50. The Hall–Kier alpha value is -3.20. The highest BCUT2D eigenvalue weighted by molar-refractivity contribution is 5.49. The van der Waals surface area contributed by atoms with Crippen LogP contribution in [0.2, 0.25) is 0 Å². The van der Waals surface area contributed by atoms with Crippen LogP contribution >= 0.6 is 0 Å². The molecule has 4 aromatic carbocycles. The van der Waals surface area contributed by atoms with Crippen molar-refractivity contribution >= 4 is 0 Å². The van der Waals surface area contributed by atoms with E-state index in [4.69, 9.17) is 4.74 Å². The van der Waals surface area contributed by atoms with Crippen LogP contribution < -0.4 is 0 Å². The van der Waals surface area contributed by atoms with Crippen LogP contribution in [0.3, 0.4) is 0 Å². The highest BCUT2D eigenvalue weighted by Crippen LogP contribution is 2.65. The summed E-state index contributed by atoms with van der Waals surface area (Å²) >= 11 is 0. The number of aliphatic hydroxyl groups is 1. The minimum absolute atomic E-state index is 0.0124. The molecule has 1 saturated carbocycles. The van der Waals surface area contributed by atoms with Crippen molar-refractivity contribution in [2.24, 2.45) is 5.92 Å². The molecule has 4 aromatic rings. The quantitative estimate of drug-likeness (QED) is 0.402. The van der Waals surface area contributed by atoms with Gasteiger partial charge in [-0.15, -0.1) is 0 Å². The van der Waals surface area contributed by atoms with Gasteiger partial charge in [-0.25, -0.2) is 0 Å². The average Bonchev–Trinajstić information content (AvgIpc) is 3.16. The first kappa shape index (κ1) is 20.4. The second kappa shape index (κ2) is 7.69. The van der Waals surface area contributed by atoms with Gasteiger partial charge >= 0.3 is 0 Å². The van der Waals surface area contributed by atoms with Crippen molar-refractivity contribution in [2.45, 2.75) is 36.1 Å². The Morgan fingerprint density at radius 1 is 0.545 bits per heavy atom. The molecule has 0 aromatic heterocycles. The van der Waals surface area contributed by atoms with Crippen LogP contribution in [-0.4, -0.2) is 10.9 Å². The summed E-state index contributed by atoms with van der Waals surface area (Å²) in [6.07, 6.45) is 2.00. The smallest absolute Gasteiger partial charge is 0.167 e. The predicted octanol–water partition coefficient (Wildman–Crippen LogP) is 6.44. The molecule has 2 unspecified atom stereocenters. The SMILES string of the molecule is OC12CCC(c3ccccc3)(c3ccccc3)C(C1)C(c1ccccc1)(c1ccccc1)O2. The van der Waals surface area contributed by atoms with Crippen LogP contribution in [0.25, 0.3) is 0 Å². The van der Waals surface area contributed by atoms with E-state index in [1.54, 1.807) is 0 Å². The molecule has 2 atom stereocenters. The summed E-state index contributed by atoms with van der Waals surface area (Å²) in [6, 6.07) is 42.6. The van der Waals surface area contributed by atoms with Crippen molar-refractivity contribution in [2.75, 3.05) is 0 Å². The standard InChI is InChI=1S/C31H28O2/c32-29-21-22-30(24-13-5-1-6-14-24,25-15-7-2-8-16-25)28(23-29)31(33-29,26-17-9-3-10-18-26)27-19-11-4-12-20-27/h1-20,28,32H,21-23H2. The van der Waals surface area contributed by atoms with E-state index in [0.29, 0.717) is 12.8 Å². The summed E-state index contributed by atoms with van der Waals surface area (Å²) < 4.78 is 6.89. The Labute approximate surface area is 195 Å². The number of ether oxygens (including phenoxy) is 1. The Kier molecular flexibility index (Phi) is 4.76. The first-order chi connectivity index (χ1) is 16.2. The van der Waals surface area contributed by atoms with Crippen LogP contribution in [-0.2, 0) is 15.8 Å². The molecule has 33 heavy (non-hydrogen) atoms. The molecule has 2 bridgehead atoms. The molecule has 164 valence electrons. The zero-order chi connectivity index (χ0) is 22.4. The van der Waals surface area contributed by atoms with Crippen molar-refractivity contribution in [3.63, 3.8) is 0 Å². The van der Waals surface area contributed by atoms with Crippen LogP contribution in [0, 0.1) is 5.92 Å². The van der Waals surface area contributed by atoms with E-state index in [0.717, 1.165) is 17.5 Å². The van der Waals surface area contributed by atoms with Crippen molar-refractivity contribution < 1.29 is 9.84 Å². The number of fused-ring (bicyclic) bond motifs is 2. The second-order valence-corrected chi connectivity index (χ2v) is 9.48. The number of hydrogen-bond donors (Lipinski definition) is 1. The van der Waals surface area contributed by atoms with Crippen molar-refractivity contribution in [1.82, 2.24) is 0 Å². The third-order valence-corrected chi connectivity index (χ3v) is 7.85. The van der Waals surface area contributed by atoms with Gasteiger partial charge in [-0.05, 0) is 28.7 Å². The maximum Gasteiger partial charge on any atom is 0.167 e. The normalized spacial score (nSPS) is 24.9. The third-order valence-electron chi connectivity index (χ3n) is 7.85. The summed E-state index contributed by atoms with van der Waals surface area (Å²) in [5, 5.41) is 11.7. The Bertz CT molecular complexity index is 1140. The molecular weight excluding hydrogens is 404 g/mol. The van der Waals surface area contributed by atoms with Gasteiger partial charge < -0.3 is 9.84 Å². The van der Waals surface area contributed by atoms with Crippen LogP contribution in [0.5, 0.6) is 0 Å². The first-order valence-corrected chi connectivity index (χ1v) is 11.8. The highest BCUT2D eigenvalue weighted by Gasteiger charge is 2.67. The van der Waals surface area contributed by atoms with E-state index >= 15 is 0 Å². The Morgan fingerprint density at radius 2 is 0.939 bits per heavy atom. The molecule has 0 spiro atoms. The predicted molar refractivity (Wildman–Crippen MR) is 131 cm³/mol. The zero-order valence-corrected chi connectivity index (χ0v) is 18.6. The van der Waals surface area contributed by atoms with Crippen LogP contribution in [0.1, 0.15) is 41.5 Å². The highest BCUT2D eigenvalue weighted by atomic mass is 16.6. The van der Waals surface area contributed by atoms with Gasteiger partial charge in [-0.3, -0.25) is 0 Å². The van der Waals surface area contributed by atoms with E-state index < -0.39 is 11.4 Å². The van der Waals surface area contributed by atoms with Gasteiger partial charge in [0, 0.05) is 24.2 Å². The van der Waals surface area contributed by atoms with Gasteiger partial charge in [0.2, 0.25) is 0 Å². The fourth-order valence-corrected chi connectivity index (χ4v) is 6.50. The molecule has 6 rings (SSSR count). The lowest BCUT2D eigenvalue weighted by Crippen LogP contribution is -2.48. The molecule has 1 N–H and O–H groups in total. The molecular formula is C31H28O2. The lowest BCUT2D eigenvalue weighted by Gasteiger charge is -2.48. The molecule has 2 nitrogen and oxygen atoms in total. The van der Waals surface area contributed by atoms with E-state index in [2.05, 4.69) is 109 Å². The summed E-state index contributed by atoms with van der Waals surface area (Å²) in [4.78, 5) is 0. The number of benzene rings is 4. The molecule has 2 heteroatoms. The van der Waals surface area contributed by atoms with Crippen molar-refractivity contribution in [3.8, 4) is 0 Å². The van der Waals surface area contributed by atoms with Crippen LogP contribution in [0.4, 0.5) is 0 Å². The fraction of sp³-hybridized carbons (Fsp3) is 0.226. The molecule has 1 aliphatic heterocycles. The lowest BCUT2D eigenvalue weighted by molar-refractivity contribution is -0.218. The molecule has 0 amide bonds. The van der Waals surface area contributed by atoms with E-state index in [1.165, 1.54) is 11.1 Å². The zero-order valence-electron chi connectivity index (χ0n) is 18.6. The number of hydrogen-bond acceptors (Lipinski definition) is 2. The van der Waals surface area contributed by atoms with Gasteiger partial charge in [-0.1, -0.05) is 121 Å². The van der Waals surface area contributed by atoms with E-state index in [1.807, 2.05) is 12.1 Å². The van der Waals surface area contributed by atoms with Crippen molar-refractivity contribution in [3.05, 3.63) is 144 Å². The molecule has 1 aliphatic carbocycles. The minimum atomic E-state index is -1.15. The Balaban J connectivity index is 1.69. The van der Waals surface area contributed by atoms with Gasteiger partial charge in [0.1, 0.15) is 5.60 Å². The molecule has 2 aliphatic rings. The molecule has 0 radical (unpaired) electrons. The summed E-state index contributed by atoms with van der Waals surface area (Å²) in [5.74, 6) is -1.14. The lowest BCUT2D eigenvalue weighted by atomic mass is 9.53. The average molecular weight is 433 g/mol. The molecule has 1 saturated heterocycles. The van der Waals surface area contributed by atoms with E-state index in [9.17, 15) is 5.11 Å². The van der Waals surface area contributed by atoms with Gasteiger partial charge in [0.05, 0.1) is 0 Å². The second-order valence-electron chi connectivity index (χ2n) is 9.48. The van der Waals surface area contributed by atoms with Gasteiger partial charge in [-0.2, -0.15) is 0 Å². The number of rotatable bonds is 4. The van der Waals surface area contributed by atoms with Gasteiger partial charge in [0.25, 0.3) is 0 Å². The van der Waals surface area contributed by atoms with Gasteiger partial charge in [0.15, 0.2) is 5.79 Å². The monoisotopic (exact) mass is 432 g/mol. The maximum atomic E-state index is 11.7. The topological polar surface area (TPSA) is 29.5 Å². The Morgan fingerprint density at radius 3 is 1.36 bits per heavy atom. The first-order valence-electron chi connectivity index (χ1n) is 11.8. The summed E-state index contributed by atoms with van der Waals surface area (Å²) in [7, 11) is 0. The molecule has 2 fully saturated rings. The summed E-state index contributed by atoms with van der Waals surface area (Å²) in [6.45, 7) is 0. The van der Waals surface area contributed by atoms with Crippen LogP contribution in [0.15, 0.2) is 121 Å². The van der Waals surface area contributed by atoms with Crippen molar-refractivity contribution in [1.29, 1.82) is 0 Å². The molecule has 1 heterocycles. The van der Waals surface area contributed by atoms with E-state index in [-0.39, 0.29) is 11.3 Å².